The standard InChI is InChI=1S/C12H17N/c1-12(13,11-7-8-11)9-10-5-3-2-4-6-10/h2-6,11H,7-9,13H2,1H3/t12-/m1/s1. The number of hydrogen-bond acceptors (Lipinski definition) is 1. The second-order valence-electron chi connectivity index (χ2n) is 4.44. The lowest BCUT2D eigenvalue weighted by Crippen LogP contribution is -2.40. The molecule has 2 rings (SSSR count). The Morgan fingerprint density at radius 3 is 2.46 bits per heavy atom. The zero-order valence-electron chi connectivity index (χ0n) is 8.16. The second-order valence-corrected chi connectivity index (χ2v) is 4.44. The minimum Gasteiger partial charge on any atom is -0.325 e. The van der Waals surface area contributed by atoms with Gasteiger partial charge < -0.3 is 5.73 Å². The molecule has 1 aliphatic carbocycles. The molecule has 0 bridgehead atoms. The lowest BCUT2D eigenvalue weighted by atomic mass is 9.89. The molecule has 0 saturated heterocycles. The van der Waals surface area contributed by atoms with E-state index in [-0.39, 0.29) is 5.54 Å². The molecule has 1 saturated carbocycles. The molecule has 0 heterocycles. The quantitative estimate of drug-likeness (QED) is 0.749. The molecule has 0 aromatic heterocycles. The van der Waals surface area contributed by atoms with Crippen LogP contribution in [0.5, 0.6) is 0 Å². The summed E-state index contributed by atoms with van der Waals surface area (Å²) < 4.78 is 0. The van der Waals surface area contributed by atoms with Crippen molar-refractivity contribution in [2.24, 2.45) is 11.7 Å². The average molecular weight is 175 g/mol. The van der Waals surface area contributed by atoms with Crippen molar-refractivity contribution in [1.82, 2.24) is 0 Å². The van der Waals surface area contributed by atoms with Gasteiger partial charge >= 0.3 is 0 Å². The largest absolute Gasteiger partial charge is 0.325 e. The van der Waals surface area contributed by atoms with E-state index in [9.17, 15) is 0 Å². The summed E-state index contributed by atoms with van der Waals surface area (Å²) in [5, 5.41) is 0. The number of nitrogens with two attached hydrogens (primary N) is 1. The van der Waals surface area contributed by atoms with Gasteiger partial charge in [0.25, 0.3) is 0 Å². The van der Waals surface area contributed by atoms with Crippen LogP contribution in [0.25, 0.3) is 0 Å². The molecule has 70 valence electrons. The van der Waals surface area contributed by atoms with Crippen LogP contribution in [0.15, 0.2) is 30.3 Å². The van der Waals surface area contributed by atoms with E-state index in [1.165, 1.54) is 18.4 Å². The van der Waals surface area contributed by atoms with Gasteiger partial charge in [0.15, 0.2) is 0 Å². The SMILES string of the molecule is C[C@@](N)(Cc1ccccc1)C1CC1. The summed E-state index contributed by atoms with van der Waals surface area (Å²) in [7, 11) is 0. The second kappa shape index (κ2) is 3.15. The molecule has 0 radical (unpaired) electrons. The maximum atomic E-state index is 6.25. The van der Waals surface area contributed by atoms with Crippen molar-refractivity contribution >= 4 is 0 Å². The molecule has 0 amide bonds. The fourth-order valence-electron chi connectivity index (χ4n) is 1.92. The molecular weight excluding hydrogens is 158 g/mol. The Balaban J connectivity index is 2.04. The van der Waals surface area contributed by atoms with Gasteiger partial charge in [-0.25, -0.2) is 0 Å². The summed E-state index contributed by atoms with van der Waals surface area (Å²) in [6.45, 7) is 2.18. The van der Waals surface area contributed by atoms with E-state index in [1.54, 1.807) is 0 Å². The van der Waals surface area contributed by atoms with Crippen LogP contribution in [-0.4, -0.2) is 5.54 Å². The summed E-state index contributed by atoms with van der Waals surface area (Å²) in [6.07, 6.45) is 3.65. The first-order valence-corrected chi connectivity index (χ1v) is 5.01. The van der Waals surface area contributed by atoms with Gasteiger partial charge in [0.05, 0.1) is 0 Å². The Labute approximate surface area is 80.0 Å². The van der Waals surface area contributed by atoms with E-state index in [1.807, 2.05) is 0 Å². The number of benzene rings is 1. The van der Waals surface area contributed by atoms with Crippen LogP contribution in [0.3, 0.4) is 0 Å². The van der Waals surface area contributed by atoms with Gasteiger partial charge in [-0.15, -0.1) is 0 Å². The van der Waals surface area contributed by atoms with Crippen LogP contribution < -0.4 is 5.73 Å². The zero-order valence-corrected chi connectivity index (χ0v) is 8.16. The van der Waals surface area contributed by atoms with Crippen LogP contribution in [0.1, 0.15) is 25.3 Å². The Bertz CT molecular complexity index is 272. The first-order valence-electron chi connectivity index (χ1n) is 5.01. The van der Waals surface area contributed by atoms with Gasteiger partial charge in [0.1, 0.15) is 0 Å². The lowest BCUT2D eigenvalue weighted by Gasteiger charge is -2.24. The molecule has 0 spiro atoms. The van der Waals surface area contributed by atoms with Crippen LogP contribution in [0, 0.1) is 5.92 Å². The van der Waals surface area contributed by atoms with Gasteiger partial charge in [-0.05, 0) is 37.7 Å². The summed E-state index contributed by atoms with van der Waals surface area (Å²) in [6, 6.07) is 10.5. The first-order chi connectivity index (χ1) is 6.18. The van der Waals surface area contributed by atoms with E-state index < -0.39 is 0 Å². The van der Waals surface area contributed by atoms with Crippen molar-refractivity contribution in [2.45, 2.75) is 31.7 Å². The topological polar surface area (TPSA) is 26.0 Å². The van der Waals surface area contributed by atoms with Crippen LogP contribution in [0.4, 0.5) is 0 Å². The van der Waals surface area contributed by atoms with Crippen molar-refractivity contribution < 1.29 is 0 Å². The third kappa shape index (κ3) is 2.10. The highest BCUT2D eigenvalue weighted by molar-refractivity contribution is 5.18. The highest BCUT2D eigenvalue weighted by Gasteiger charge is 2.38. The van der Waals surface area contributed by atoms with Gasteiger partial charge in [-0.3, -0.25) is 0 Å². The van der Waals surface area contributed by atoms with Crippen molar-refractivity contribution in [3.05, 3.63) is 35.9 Å². The van der Waals surface area contributed by atoms with E-state index in [0.717, 1.165) is 12.3 Å². The summed E-state index contributed by atoms with van der Waals surface area (Å²) in [5.41, 5.74) is 7.63. The third-order valence-electron chi connectivity index (χ3n) is 2.94. The predicted molar refractivity (Wildman–Crippen MR) is 55.5 cm³/mol. The summed E-state index contributed by atoms with van der Waals surface area (Å²) in [4.78, 5) is 0. The molecular formula is C12H17N. The number of rotatable bonds is 3. The molecule has 1 aromatic rings. The van der Waals surface area contributed by atoms with Gasteiger partial charge in [0.2, 0.25) is 0 Å². The lowest BCUT2D eigenvalue weighted by molar-refractivity contribution is 0.406. The smallest absolute Gasteiger partial charge is 0.0195 e. The van der Waals surface area contributed by atoms with Crippen LogP contribution in [0.2, 0.25) is 0 Å². The normalized spacial score (nSPS) is 21.1. The molecule has 1 aromatic carbocycles. The minimum atomic E-state index is 0.0152. The monoisotopic (exact) mass is 175 g/mol. The molecule has 1 aliphatic rings. The molecule has 1 heteroatoms. The van der Waals surface area contributed by atoms with Crippen molar-refractivity contribution in [3.63, 3.8) is 0 Å². The third-order valence-corrected chi connectivity index (χ3v) is 2.94. The number of hydrogen-bond donors (Lipinski definition) is 1. The van der Waals surface area contributed by atoms with E-state index in [4.69, 9.17) is 5.73 Å². The zero-order chi connectivity index (χ0) is 9.31. The minimum absolute atomic E-state index is 0.0152. The molecule has 1 fully saturated rings. The van der Waals surface area contributed by atoms with Crippen molar-refractivity contribution in [3.8, 4) is 0 Å². The maximum absolute atomic E-state index is 6.25. The molecule has 1 nitrogen and oxygen atoms in total. The Kier molecular flexibility index (Phi) is 2.12. The Morgan fingerprint density at radius 1 is 1.31 bits per heavy atom. The molecule has 2 N–H and O–H groups in total. The van der Waals surface area contributed by atoms with Crippen molar-refractivity contribution in [1.29, 1.82) is 0 Å². The predicted octanol–water partition coefficient (Wildman–Crippen LogP) is 2.36. The van der Waals surface area contributed by atoms with E-state index >= 15 is 0 Å². The average Bonchev–Trinajstić information content (AvgIpc) is 2.87. The highest BCUT2D eigenvalue weighted by Crippen LogP contribution is 2.39. The molecule has 13 heavy (non-hydrogen) atoms. The summed E-state index contributed by atoms with van der Waals surface area (Å²) >= 11 is 0. The Morgan fingerprint density at radius 2 is 1.92 bits per heavy atom. The summed E-state index contributed by atoms with van der Waals surface area (Å²) in [5.74, 6) is 0.757. The van der Waals surface area contributed by atoms with E-state index in [0.29, 0.717) is 0 Å². The highest BCUT2D eigenvalue weighted by atomic mass is 14.8. The maximum Gasteiger partial charge on any atom is 0.0195 e. The molecule has 0 unspecified atom stereocenters. The van der Waals surface area contributed by atoms with Gasteiger partial charge in [-0.2, -0.15) is 0 Å². The van der Waals surface area contributed by atoms with E-state index in [2.05, 4.69) is 37.3 Å². The van der Waals surface area contributed by atoms with Crippen molar-refractivity contribution in [2.75, 3.05) is 0 Å². The van der Waals surface area contributed by atoms with Crippen LogP contribution >= 0.6 is 0 Å². The Hall–Kier alpha value is -0.820. The van der Waals surface area contributed by atoms with Crippen LogP contribution in [-0.2, 0) is 6.42 Å². The molecule has 1 atom stereocenters. The molecule has 0 aliphatic heterocycles. The van der Waals surface area contributed by atoms with Gasteiger partial charge in [0, 0.05) is 5.54 Å². The van der Waals surface area contributed by atoms with Gasteiger partial charge in [-0.1, -0.05) is 30.3 Å². The fraction of sp³-hybridized carbons (Fsp3) is 0.500. The fourth-order valence-corrected chi connectivity index (χ4v) is 1.92. The first kappa shape index (κ1) is 8.76.